The van der Waals surface area contributed by atoms with Crippen LogP contribution in [0.2, 0.25) is 0 Å². The van der Waals surface area contributed by atoms with Crippen LogP contribution in [-0.4, -0.2) is 25.8 Å². The highest BCUT2D eigenvalue weighted by Crippen LogP contribution is 2.25. The number of aromatic nitrogens is 3. The number of amides is 1. The third-order valence-corrected chi connectivity index (χ3v) is 4.28. The number of nitrogens with one attached hydrogen (secondary N) is 2. The molecule has 0 saturated carbocycles. The average Bonchev–Trinajstić information content (AvgIpc) is 3.05. The first-order chi connectivity index (χ1) is 13.5. The number of anilines is 1. The summed E-state index contributed by atoms with van der Waals surface area (Å²) in [6.07, 6.45) is 1.38. The lowest BCUT2D eigenvalue weighted by Gasteiger charge is -2.08. The molecule has 8 heteroatoms. The van der Waals surface area contributed by atoms with Gasteiger partial charge in [0, 0.05) is 5.69 Å². The molecule has 4 aromatic rings. The van der Waals surface area contributed by atoms with Crippen molar-refractivity contribution in [3.8, 4) is 5.75 Å². The minimum atomic E-state index is -0.845. The van der Waals surface area contributed by atoms with Gasteiger partial charge < -0.3 is 15.4 Å². The molecule has 0 bridgehead atoms. The third-order valence-electron chi connectivity index (χ3n) is 4.28. The van der Waals surface area contributed by atoms with Crippen LogP contribution in [0.25, 0.3) is 11.0 Å². The molecule has 7 nitrogen and oxygen atoms in total. The van der Waals surface area contributed by atoms with E-state index in [0.29, 0.717) is 12.2 Å². The van der Waals surface area contributed by atoms with Gasteiger partial charge >= 0.3 is 0 Å². The van der Waals surface area contributed by atoms with Crippen molar-refractivity contribution in [2.24, 2.45) is 0 Å². The molecule has 28 heavy (non-hydrogen) atoms. The predicted molar refractivity (Wildman–Crippen MR) is 102 cm³/mol. The van der Waals surface area contributed by atoms with Crippen LogP contribution < -0.4 is 10.9 Å². The Balaban J connectivity index is 1.71. The van der Waals surface area contributed by atoms with Gasteiger partial charge in [0.1, 0.15) is 22.8 Å². The molecular weight excluding hydrogens is 363 g/mol. The van der Waals surface area contributed by atoms with Gasteiger partial charge in [0.2, 0.25) is 0 Å². The van der Waals surface area contributed by atoms with Gasteiger partial charge in [-0.2, -0.15) is 5.10 Å². The molecule has 0 aliphatic heterocycles. The SMILES string of the molecule is O=C(Nc1cccc(F)c1)c1c(O)c2cnn(Cc3ccccc3)c2[nH]c1=O. The number of fused-ring (bicyclic) bond motifs is 1. The molecule has 0 spiro atoms. The zero-order chi connectivity index (χ0) is 19.7. The number of H-pyrrole nitrogens is 1. The lowest BCUT2D eigenvalue weighted by molar-refractivity contribution is 0.102. The number of nitrogens with zero attached hydrogens (tertiary/aromatic N) is 2. The quantitative estimate of drug-likeness (QED) is 0.508. The van der Waals surface area contributed by atoms with Gasteiger partial charge in [0.15, 0.2) is 0 Å². The van der Waals surface area contributed by atoms with Crippen LogP contribution >= 0.6 is 0 Å². The molecule has 2 heterocycles. The van der Waals surface area contributed by atoms with Crippen molar-refractivity contribution in [1.82, 2.24) is 14.8 Å². The predicted octanol–water partition coefficient (Wildman–Crippen LogP) is 2.87. The van der Waals surface area contributed by atoms with E-state index >= 15 is 0 Å². The molecule has 3 N–H and O–H groups in total. The minimum absolute atomic E-state index is 0.170. The smallest absolute Gasteiger partial charge is 0.266 e. The number of carbonyl (C=O) groups excluding carboxylic acids is 1. The van der Waals surface area contributed by atoms with E-state index in [-0.39, 0.29) is 11.1 Å². The van der Waals surface area contributed by atoms with Crippen LogP contribution in [0, 0.1) is 5.82 Å². The average molecular weight is 378 g/mol. The number of halogens is 1. The van der Waals surface area contributed by atoms with Crippen molar-refractivity contribution in [2.75, 3.05) is 5.32 Å². The molecule has 0 aliphatic rings. The fourth-order valence-corrected chi connectivity index (χ4v) is 2.95. The summed E-state index contributed by atoms with van der Waals surface area (Å²) in [5.74, 6) is -1.86. The van der Waals surface area contributed by atoms with Crippen LogP contribution in [0.5, 0.6) is 5.75 Å². The summed E-state index contributed by atoms with van der Waals surface area (Å²) in [6, 6.07) is 14.7. The van der Waals surface area contributed by atoms with E-state index in [1.54, 1.807) is 0 Å². The first-order valence-corrected chi connectivity index (χ1v) is 8.44. The second-order valence-corrected chi connectivity index (χ2v) is 6.19. The summed E-state index contributed by atoms with van der Waals surface area (Å²) in [6.45, 7) is 0.383. The number of pyridine rings is 1. The third kappa shape index (κ3) is 3.23. The monoisotopic (exact) mass is 378 g/mol. The molecule has 1 amide bonds. The molecule has 140 valence electrons. The van der Waals surface area contributed by atoms with Crippen LogP contribution in [0.3, 0.4) is 0 Å². The Morgan fingerprint density at radius 1 is 1.18 bits per heavy atom. The second kappa shape index (κ2) is 6.99. The summed E-state index contributed by atoms with van der Waals surface area (Å²) in [5.41, 5.74) is 0.197. The van der Waals surface area contributed by atoms with Gasteiger partial charge in [0.25, 0.3) is 11.5 Å². The van der Waals surface area contributed by atoms with Gasteiger partial charge in [-0.1, -0.05) is 36.4 Å². The van der Waals surface area contributed by atoms with E-state index in [2.05, 4.69) is 15.4 Å². The number of benzene rings is 2. The maximum Gasteiger partial charge on any atom is 0.266 e. The van der Waals surface area contributed by atoms with Crippen LogP contribution in [0.4, 0.5) is 10.1 Å². The van der Waals surface area contributed by atoms with E-state index in [4.69, 9.17) is 0 Å². The van der Waals surface area contributed by atoms with E-state index < -0.39 is 28.6 Å². The first-order valence-electron chi connectivity index (χ1n) is 8.44. The molecule has 0 atom stereocenters. The lowest BCUT2D eigenvalue weighted by Crippen LogP contribution is -2.24. The maximum absolute atomic E-state index is 13.3. The Morgan fingerprint density at radius 3 is 2.71 bits per heavy atom. The Kier molecular flexibility index (Phi) is 4.36. The number of aromatic amines is 1. The fraction of sp³-hybridized carbons (Fsp3) is 0.0500. The first kappa shape index (κ1) is 17.5. The number of aromatic hydroxyl groups is 1. The van der Waals surface area contributed by atoms with Crippen LogP contribution in [0.15, 0.2) is 65.6 Å². The molecule has 0 fully saturated rings. The van der Waals surface area contributed by atoms with Crippen LogP contribution in [0.1, 0.15) is 15.9 Å². The topological polar surface area (TPSA) is 100 Å². The summed E-state index contributed by atoms with van der Waals surface area (Å²) in [7, 11) is 0. The molecule has 0 aliphatic carbocycles. The summed E-state index contributed by atoms with van der Waals surface area (Å²) < 4.78 is 14.8. The molecule has 0 saturated heterocycles. The lowest BCUT2D eigenvalue weighted by atomic mass is 10.2. The number of hydrogen-bond acceptors (Lipinski definition) is 4. The molecule has 0 unspecified atom stereocenters. The Labute approximate surface area is 158 Å². The molecule has 4 rings (SSSR count). The van der Waals surface area contributed by atoms with Crippen molar-refractivity contribution in [1.29, 1.82) is 0 Å². The van der Waals surface area contributed by atoms with E-state index in [1.807, 2.05) is 30.3 Å². The highest BCUT2D eigenvalue weighted by Gasteiger charge is 2.21. The standard InChI is InChI=1S/C20H15FN4O3/c21-13-7-4-8-14(9-13)23-19(27)16-17(26)15-10-22-25(18(15)24-20(16)28)11-12-5-2-1-3-6-12/h1-10H,11H2,(H,23,27)(H2,24,26,28). The molecule has 0 radical (unpaired) electrons. The minimum Gasteiger partial charge on any atom is -0.506 e. The zero-order valence-electron chi connectivity index (χ0n) is 14.5. The summed E-state index contributed by atoms with van der Waals surface area (Å²) in [4.78, 5) is 27.5. The van der Waals surface area contributed by atoms with Gasteiger partial charge in [-0.15, -0.1) is 0 Å². The van der Waals surface area contributed by atoms with E-state index in [1.165, 1.54) is 29.1 Å². The molecule has 2 aromatic heterocycles. The van der Waals surface area contributed by atoms with Crippen molar-refractivity contribution >= 4 is 22.6 Å². The summed E-state index contributed by atoms with van der Waals surface area (Å²) >= 11 is 0. The van der Waals surface area contributed by atoms with Gasteiger partial charge in [-0.3, -0.25) is 9.59 Å². The molecular formula is C20H15FN4O3. The van der Waals surface area contributed by atoms with E-state index in [9.17, 15) is 19.1 Å². The highest BCUT2D eigenvalue weighted by molar-refractivity contribution is 6.08. The van der Waals surface area contributed by atoms with Crippen molar-refractivity contribution in [2.45, 2.75) is 6.54 Å². The Morgan fingerprint density at radius 2 is 1.96 bits per heavy atom. The normalized spacial score (nSPS) is 10.9. The van der Waals surface area contributed by atoms with Crippen LogP contribution in [-0.2, 0) is 6.54 Å². The van der Waals surface area contributed by atoms with Gasteiger partial charge in [-0.25, -0.2) is 9.07 Å². The van der Waals surface area contributed by atoms with E-state index in [0.717, 1.165) is 11.6 Å². The van der Waals surface area contributed by atoms with Crippen molar-refractivity contribution in [3.05, 3.63) is 88.1 Å². The van der Waals surface area contributed by atoms with Gasteiger partial charge in [0.05, 0.1) is 18.1 Å². The van der Waals surface area contributed by atoms with Crippen molar-refractivity contribution < 1.29 is 14.3 Å². The number of carbonyl (C=O) groups is 1. The summed E-state index contributed by atoms with van der Waals surface area (Å²) in [5, 5.41) is 17.3. The van der Waals surface area contributed by atoms with Crippen molar-refractivity contribution in [3.63, 3.8) is 0 Å². The fourth-order valence-electron chi connectivity index (χ4n) is 2.95. The zero-order valence-corrected chi connectivity index (χ0v) is 14.5. The molecule has 2 aromatic carbocycles. The maximum atomic E-state index is 13.3. The second-order valence-electron chi connectivity index (χ2n) is 6.19. The highest BCUT2D eigenvalue weighted by atomic mass is 19.1. The Bertz CT molecular complexity index is 1230. The number of rotatable bonds is 4. The Hall–Kier alpha value is -3.94. The number of hydrogen-bond donors (Lipinski definition) is 3. The largest absolute Gasteiger partial charge is 0.506 e. The van der Waals surface area contributed by atoms with Gasteiger partial charge in [-0.05, 0) is 23.8 Å².